The van der Waals surface area contributed by atoms with Crippen LogP contribution < -0.4 is 5.32 Å². The molecule has 1 aromatic carbocycles. The molecular formula is C17H22INS. The van der Waals surface area contributed by atoms with E-state index in [-0.39, 0.29) is 0 Å². The van der Waals surface area contributed by atoms with Crippen LogP contribution in [0.15, 0.2) is 36.4 Å². The molecule has 1 heterocycles. The Kier molecular flexibility index (Phi) is 6.52. The lowest BCUT2D eigenvalue weighted by molar-refractivity contribution is 0.532. The monoisotopic (exact) mass is 399 g/mol. The number of thiophene rings is 1. The summed E-state index contributed by atoms with van der Waals surface area (Å²) in [7, 11) is 0. The van der Waals surface area contributed by atoms with Crippen molar-refractivity contribution in [2.75, 3.05) is 6.54 Å². The zero-order chi connectivity index (χ0) is 14.4. The van der Waals surface area contributed by atoms with Gasteiger partial charge in [0.05, 0.1) is 0 Å². The smallest absolute Gasteiger partial charge is 0.0369 e. The molecule has 20 heavy (non-hydrogen) atoms. The van der Waals surface area contributed by atoms with Gasteiger partial charge in [0.15, 0.2) is 0 Å². The van der Waals surface area contributed by atoms with Gasteiger partial charge in [0.2, 0.25) is 0 Å². The van der Waals surface area contributed by atoms with Gasteiger partial charge in [0.1, 0.15) is 0 Å². The van der Waals surface area contributed by atoms with Gasteiger partial charge in [-0.2, -0.15) is 0 Å². The van der Waals surface area contributed by atoms with Crippen LogP contribution in [0.2, 0.25) is 0 Å². The fraction of sp³-hybridized carbons (Fsp3) is 0.412. The van der Waals surface area contributed by atoms with Crippen LogP contribution in [0.4, 0.5) is 0 Å². The fourth-order valence-electron chi connectivity index (χ4n) is 2.27. The van der Waals surface area contributed by atoms with Gasteiger partial charge >= 0.3 is 0 Å². The van der Waals surface area contributed by atoms with Crippen molar-refractivity contribution in [3.8, 4) is 0 Å². The number of hydrogen-bond donors (Lipinski definition) is 1. The molecule has 2 rings (SSSR count). The number of nitrogens with one attached hydrogen (secondary N) is 1. The number of benzene rings is 1. The summed E-state index contributed by atoms with van der Waals surface area (Å²) in [4.78, 5) is 2.96. The average Bonchev–Trinajstić information content (AvgIpc) is 2.91. The molecule has 0 aliphatic rings. The Morgan fingerprint density at radius 3 is 2.60 bits per heavy atom. The SMILES string of the molecule is CCCNC(Cc1ccc(CC)s1)c1cccc(I)c1. The van der Waals surface area contributed by atoms with E-state index in [9.17, 15) is 0 Å². The van der Waals surface area contributed by atoms with E-state index in [0.717, 1.165) is 19.4 Å². The highest BCUT2D eigenvalue weighted by atomic mass is 127. The summed E-state index contributed by atoms with van der Waals surface area (Å²) in [5.74, 6) is 0. The molecule has 0 saturated heterocycles. The second-order valence-electron chi connectivity index (χ2n) is 4.99. The third kappa shape index (κ3) is 4.57. The maximum Gasteiger partial charge on any atom is 0.0369 e. The summed E-state index contributed by atoms with van der Waals surface area (Å²) in [6.45, 7) is 5.52. The third-order valence-electron chi connectivity index (χ3n) is 3.36. The quantitative estimate of drug-likeness (QED) is 0.632. The lowest BCUT2D eigenvalue weighted by Gasteiger charge is -2.18. The summed E-state index contributed by atoms with van der Waals surface area (Å²) < 4.78 is 1.31. The van der Waals surface area contributed by atoms with Crippen LogP contribution in [-0.4, -0.2) is 6.54 Å². The van der Waals surface area contributed by atoms with E-state index in [0.29, 0.717) is 6.04 Å². The van der Waals surface area contributed by atoms with Crippen molar-refractivity contribution in [2.24, 2.45) is 0 Å². The van der Waals surface area contributed by atoms with E-state index in [2.05, 4.69) is 78.2 Å². The van der Waals surface area contributed by atoms with Gasteiger partial charge in [-0.25, -0.2) is 0 Å². The number of rotatable bonds is 7. The van der Waals surface area contributed by atoms with E-state index in [4.69, 9.17) is 0 Å². The second kappa shape index (κ2) is 8.15. The van der Waals surface area contributed by atoms with Crippen molar-refractivity contribution in [3.05, 3.63) is 55.3 Å². The molecule has 2 aromatic rings. The Hall–Kier alpha value is -0.390. The minimum absolute atomic E-state index is 0.424. The highest BCUT2D eigenvalue weighted by Crippen LogP contribution is 2.25. The normalized spacial score (nSPS) is 12.6. The molecule has 0 bridgehead atoms. The summed E-state index contributed by atoms with van der Waals surface area (Å²) in [6, 6.07) is 13.8. The summed E-state index contributed by atoms with van der Waals surface area (Å²) in [5, 5.41) is 3.69. The topological polar surface area (TPSA) is 12.0 Å². The van der Waals surface area contributed by atoms with Gasteiger partial charge in [0.25, 0.3) is 0 Å². The van der Waals surface area contributed by atoms with E-state index >= 15 is 0 Å². The largest absolute Gasteiger partial charge is 0.310 e. The van der Waals surface area contributed by atoms with Gasteiger partial charge in [-0.15, -0.1) is 11.3 Å². The summed E-state index contributed by atoms with van der Waals surface area (Å²) in [5.41, 5.74) is 1.40. The van der Waals surface area contributed by atoms with Gasteiger partial charge < -0.3 is 5.32 Å². The molecule has 0 radical (unpaired) electrons. The molecule has 0 aliphatic heterocycles. The van der Waals surface area contributed by atoms with Crippen LogP contribution in [0.5, 0.6) is 0 Å². The van der Waals surface area contributed by atoms with Gasteiger partial charge in [-0.3, -0.25) is 0 Å². The van der Waals surface area contributed by atoms with Crippen LogP contribution in [0.1, 0.15) is 41.6 Å². The maximum absolute atomic E-state index is 3.69. The van der Waals surface area contributed by atoms with Crippen molar-refractivity contribution in [2.45, 2.75) is 39.2 Å². The Morgan fingerprint density at radius 1 is 1.15 bits per heavy atom. The molecule has 0 amide bonds. The van der Waals surface area contributed by atoms with Crippen molar-refractivity contribution in [1.82, 2.24) is 5.32 Å². The predicted molar refractivity (Wildman–Crippen MR) is 97.6 cm³/mol. The highest BCUT2D eigenvalue weighted by molar-refractivity contribution is 14.1. The number of halogens is 1. The van der Waals surface area contributed by atoms with Gasteiger partial charge in [-0.1, -0.05) is 26.0 Å². The minimum Gasteiger partial charge on any atom is -0.310 e. The van der Waals surface area contributed by atoms with E-state index in [1.807, 2.05) is 11.3 Å². The molecule has 108 valence electrons. The Bertz CT molecular complexity index is 535. The lowest BCUT2D eigenvalue weighted by Crippen LogP contribution is -2.23. The molecule has 1 N–H and O–H groups in total. The number of hydrogen-bond acceptors (Lipinski definition) is 2. The molecule has 1 unspecified atom stereocenters. The zero-order valence-corrected chi connectivity index (χ0v) is 15.1. The van der Waals surface area contributed by atoms with E-state index in [1.54, 1.807) is 0 Å². The molecular weight excluding hydrogens is 377 g/mol. The Balaban J connectivity index is 2.14. The minimum atomic E-state index is 0.424. The first-order valence-corrected chi connectivity index (χ1v) is 9.18. The predicted octanol–water partition coefficient (Wildman–Crippen LogP) is 5.20. The van der Waals surface area contributed by atoms with E-state index < -0.39 is 0 Å². The standard InChI is InChI=1S/C17H22INS/c1-3-10-19-17(13-6-5-7-14(18)11-13)12-16-9-8-15(4-2)20-16/h5-9,11,17,19H,3-4,10,12H2,1-2H3. The van der Waals surface area contributed by atoms with Gasteiger partial charge in [0, 0.05) is 25.8 Å². The highest BCUT2D eigenvalue weighted by Gasteiger charge is 2.13. The molecule has 0 aliphatic carbocycles. The van der Waals surface area contributed by atoms with Crippen molar-refractivity contribution >= 4 is 33.9 Å². The van der Waals surface area contributed by atoms with Crippen LogP contribution in [0.3, 0.4) is 0 Å². The molecule has 1 nitrogen and oxygen atoms in total. The third-order valence-corrected chi connectivity index (χ3v) is 5.29. The first-order valence-electron chi connectivity index (χ1n) is 7.29. The molecule has 0 spiro atoms. The Morgan fingerprint density at radius 2 is 1.95 bits per heavy atom. The second-order valence-corrected chi connectivity index (χ2v) is 7.49. The molecule has 3 heteroatoms. The maximum atomic E-state index is 3.69. The van der Waals surface area contributed by atoms with Crippen LogP contribution >= 0.6 is 33.9 Å². The zero-order valence-electron chi connectivity index (χ0n) is 12.2. The summed E-state index contributed by atoms with van der Waals surface area (Å²) in [6.07, 6.45) is 3.40. The van der Waals surface area contributed by atoms with E-state index in [1.165, 1.54) is 25.3 Å². The van der Waals surface area contributed by atoms with Crippen LogP contribution in [-0.2, 0) is 12.8 Å². The molecule has 1 atom stereocenters. The first kappa shape index (κ1) is 16.0. The average molecular weight is 399 g/mol. The van der Waals surface area contributed by atoms with Crippen LogP contribution in [0, 0.1) is 3.57 Å². The molecule has 1 aromatic heterocycles. The summed E-state index contributed by atoms with van der Waals surface area (Å²) >= 11 is 4.34. The van der Waals surface area contributed by atoms with Crippen molar-refractivity contribution < 1.29 is 0 Å². The van der Waals surface area contributed by atoms with Gasteiger partial charge in [-0.05, 0) is 71.8 Å². The lowest BCUT2D eigenvalue weighted by atomic mass is 10.0. The Labute approximate surface area is 139 Å². The number of aryl methyl sites for hydroxylation is 1. The molecule has 0 fully saturated rings. The fourth-order valence-corrected chi connectivity index (χ4v) is 3.84. The first-order chi connectivity index (χ1) is 9.72. The van der Waals surface area contributed by atoms with Crippen molar-refractivity contribution in [3.63, 3.8) is 0 Å². The van der Waals surface area contributed by atoms with Crippen molar-refractivity contribution in [1.29, 1.82) is 0 Å². The molecule has 0 saturated carbocycles. The van der Waals surface area contributed by atoms with Crippen LogP contribution in [0.25, 0.3) is 0 Å².